The fourth-order valence-corrected chi connectivity index (χ4v) is 1.84. The first-order valence-electron chi connectivity index (χ1n) is 5.14. The average Bonchev–Trinajstić information content (AvgIpc) is 2.36. The minimum atomic E-state index is -0.893. The number of benzene rings is 2. The molecule has 0 heterocycles. The Morgan fingerprint density at radius 1 is 1.00 bits per heavy atom. The lowest BCUT2D eigenvalue weighted by molar-refractivity contribution is 0.103. The third-order valence-corrected chi connectivity index (χ3v) is 3.12. The zero-order valence-corrected chi connectivity index (χ0v) is 11.0. The van der Waals surface area contributed by atoms with Crippen molar-refractivity contribution in [2.45, 2.75) is 0 Å². The van der Waals surface area contributed by atoms with Crippen LogP contribution in [0.2, 0.25) is 0 Å². The maximum absolute atomic E-state index is 13.6. The Balaban J connectivity index is 2.49. The van der Waals surface area contributed by atoms with E-state index in [2.05, 4.69) is 15.9 Å². The van der Waals surface area contributed by atoms with Crippen LogP contribution in [0.5, 0.6) is 0 Å². The zero-order valence-electron chi connectivity index (χ0n) is 9.38. The second kappa shape index (κ2) is 5.05. The fourth-order valence-electron chi connectivity index (χ4n) is 1.52. The van der Waals surface area contributed by atoms with E-state index in [-0.39, 0.29) is 15.7 Å². The van der Waals surface area contributed by atoms with Gasteiger partial charge in [0.15, 0.2) is 5.78 Å². The van der Waals surface area contributed by atoms with Gasteiger partial charge in [-0.05, 0) is 46.3 Å². The van der Waals surface area contributed by atoms with E-state index in [0.717, 1.165) is 18.2 Å². The third kappa shape index (κ3) is 2.63. The van der Waals surface area contributed by atoms with Crippen molar-refractivity contribution >= 4 is 27.4 Å². The first-order valence-corrected chi connectivity index (χ1v) is 5.93. The monoisotopic (exact) mass is 329 g/mol. The summed E-state index contributed by atoms with van der Waals surface area (Å²) in [4.78, 5) is 12.0. The first-order chi connectivity index (χ1) is 8.90. The SMILES string of the molecule is Nc1ccc(C(=O)c2cc(F)c(Br)cc2F)cc1F. The normalized spacial score (nSPS) is 10.5. The molecule has 0 fully saturated rings. The lowest BCUT2D eigenvalue weighted by atomic mass is 10.0. The Kier molecular flexibility index (Phi) is 3.61. The second-order valence-corrected chi connectivity index (χ2v) is 4.67. The molecule has 2 rings (SSSR count). The van der Waals surface area contributed by atoms with Gasteiger partial charge in [-0.2, -0.15) is 0 Å². The summed E-state index contributed by atoms with van der Waals surface area (Å²) in [6, 6.07) is 4.93. The van der Waals surface area contributed by atoms with Crippen LogP contribution >= 0.6 is 15.9 Å². The van der Waals surface area contributed by atoms with Gasteiger partial charge in [0, 0.05) is 5.56 Å². The van der Waals surface area contributed by atoms with E-state index in [1.54, 1.807) is 0 Å². The number of carbonyl (C=O) groups excluding carboxylic acids is 1. The predicted molar refractivity (Wildman–Crippen MR) is 68.3 cm³/mol. The van der Waals surface area contributed by atoms with Crippen LogP contribution in [0.4, 0.5) is 18.9 Å². The Hall–Kier alpha value is -1.82. The Morgan fingerprint density at radius 2 is 1.68 bits per heavy atom. The molecule has 2 aromatic rings. The van der Waals surface area contributed by atoms with Gasteiger partial charge in [0.1, 0.15) is 17.5 Å². The van der Waals surface area contributed by atoms with Crippen LogP contribution in [0.3, 0.4) is 0 Å². The molecule has 0 amide bonds. The molecule has 98 valence electrons. The maximum atomic E-state index is 13.6. The highest BCUT2D eigenvalue weighted by Crippen LogP contribution is 2.23. The summed E-state index contributed by atoms with van der Waals surface area (Å²) in [6.45, 7) is 0. The number of anilines is 1. The molecule has 0 aliphatic rings. The molecule has 0 unspecified atom stereocenters. The Bertz CT molecular complexity index is 673. The number of halogens is 4. The minimum absolute atomic E-state index is 0.0926. The van der Waals surface area contributed by atoms with Gasteiger partial charge in [0.2, 0.25) is 0 Å². The van der Waals surface area contributed by atoms with E-state index in [1.165, 1.54) is 12.1 Å². The molecular weight excluding hydrogens is 323 g/mol. The molecule has 2 aromatic carbocycles. The van der Waals surface area contributed by atoms with Crippen LogP contribution in [0, 0.1) is 17.5 Å². The standard InChI is InChI=1S/C13H7BrF3NO/c14-8-5-9(15)7(4-10(8)16)13(19)6-1-2-12(18)11(17)3-6/h1-5H,18H2. The molecule has 0 aliphatic carbocycles. The quantitative estimate of drug-likeness (QED) is 0.519. The fraction of sp³-hybridized carbons (Fsp3) is 0. The van der Waals surface area contributed by atoms with Crippen molar-refractivity contribution in [3.05, 3.63) is 63.4 Å². The van der Waals surface area contributed by atoms with Crippen LogP contribution in [-0.4, -0.2) is 5.78 Å². The molecule has 0 atom stereocenters. The number of rotatable bonds is 2. The summed E-state index contributed by atoms with van der Waals surface area (Å²) in [6.07, 6.45) is 0. The Morgan fingerprint density at radius 3 is 2.32 bits per heavy atom. The second-order valence-electron chi connectivity index (χ2n) is 3.81. The summed E-state index contributed by atoms with van der Waals surface area (Å²) < 4.78 is 40.1. The van der Waals surface area contributed by atoms with Crippen LogP contribution in [0.1, 0.15) is 15.9 Å². The number of ketones is 1. The van der Waals surface area contributed by atoms with Crippen LogP contribution in [-0.2, 0) is 0 Å². The molecule has 0 bridgehead atoms. The molecular formula is C13H7BrF3NO. The lowest BCUT2D eigenvalue weighted by Crippen LogP contribution is -2.06. The predicted octanol–water partition coefficient (Wildman–Crippen LogP) is 3.68. The number of nitrogens with two attached hydrogens (primary N) is 1. The van der Waals surface area contributed by atoms with Crippen molar-refractivity contribution in [2.24, 2.45) is 0 Å². The topological polar surface area (TPSA) is 43.1 Å². The smallest absolute Gasteiger partial charge is 0.196 e. The number of hydrogen-bond donors (Lipinski definition) is 1. The van der Waals surface area contributed by atoms with Gasteiger partial charge in [-0.1, -0.05) is 0 Å². The lowest BCUT2D eigenvalue weighted by Gasteiger charge is -2.05. The van der Waals surface area contributed by atoms with Gasteiger partial charge < -0.3 is 5.73 Å². The highest BCUT2D eigenvalue weighted by molar-refractivity contribution is 9.10. The van der Waals surface area contributed by atoms with E-state index < -0.39 is 28.8 Å². The molecule has 0 saturated carbocycles. The van der Waals surface area contributed by atoms with Crippen LogP contribution in [0.25, 0.3) is 0 Å². The van der Waals surface area contributed by atoms with Gasteiger partial charge in [-0.25, -0.2) is 13.2 Å². The molecule has 0 radical (unpaired) electrons. The van der Waals surface area contributed by atoms with Crippen LogP contribution in [0.15, 0.2) is 34.8 Å². The van der Waals surface area contributed by atoms with E-state index in [1.807, 2.05) is 0 Å². The molecule has 19 heavy (non-hydrogen) atoms. The summed E-state index contributed by atoms with van der Waals surface area (Å²) >= 11 is 2.80. The van der Waals surface area contributed by atoms with E-state index >= 15 is 0 Å². The van der Waals surface area contributed by atoms with Crippen molar-refractivity contribution in [3.8, 4) is 0 Å². The summed E-state index contributed by atoms with van der Waals surface area (Å²) in [7, 11) is 0. The summed E-state index contributed by atoms with van der Waals surface area (Å²) in [5, 5.41) is 0. The number of carbonyl (C=O) groups is 1. The van der Waals surface area contributed by atoms with E-state index in [9.17, 15) is 18.0 Å². The molecule has 0 saturated heterocycles. The van der Waals surface area contributed by atoms with Gasteiger partial charge in [0.25, 0.3) is 0 Å². The van der Waals surface area contributed by atoms with Crippen molar-refractivity contribution < 1.29 is 18.0 Å². The van der Waals surface area contributed by atoms with Gasteiger partial charge in [0.05, 0.1) is 15.7 Å². The molecule has 0 aliphatic heterocycles. The van der Waals surface area contributed by atoms with Crippen molar-refractivity contribution in [1.82, 2.24) is 0 Å². The van der Waals surface area contributed by atoms with Gasteiger partial charge in [-0.3, -0.25) is 4.79 Å². The highest BCUT2D eigenvalue weighted by atomic mass is 79.9. The van der Waals surface area contributed by atoms with Gasteiger partial charge in [-0.15, -0.1) is 0 Å². The third-order valence-electron chi connectivity index (χ3n) is 2.52. The minimum Gasteiger partial charge on any atom is -0.396 e. The summed E-state index contributed by atoms with van der Waals surface area (Å²) in [5.74, 6) is -3.28. The largest absolute Gasteiger partial charge is 0.396 e. The maximum Gasteiger partial charge on any atom is 0.196 e. The number of nitrogen functional groups attached to an aromatic ring is 1. The van der Waals surface area contributed by atoms with Crippen molar-refractivity contribution in [3.63, 3.8) is 0 Å². The first kappa shape index (κ1) is 13.6. The molecule has 6 heteroatoms. The molecule has 0 aromatic heterocycles. The van der Waals surface area contributed by atoms with E-state index in [4.69, 9.17) is 5.73 Å². The summed E-state index contributed by atoms with van der Waals surface area (Å²) in [5.41, 5.74) is 4.58. The molecule has 2 N–H and O–H groups in total. The van der Waals surface area contributed by atoms with Crippen molar-refractivity contribution in [2.75, 3.05) is 5.73 Å². The molecule has 0 spiro atoms. The molecule has 2 nitrogen and oxygen atoms in total. The van der Waals surface area contributed by atoms with Crippen molar-refractivity contribution in [1.29, 1.82) is 0 Å². The van der Waals surface area contributed by atoms with Gasteiger partial charge >= 0.3 is 0 Å². The Labute approximate surface area is 115 Å². The highest BCUT2D eigenvalue weighted by Gasteiger charge is 2.17. The zero-order chi connectivity index (χ0) is 14.2. The average molecular weight is 330 g/mol. The van der Waals surface area contributed by atoms with Crippen LogP contribution < -0.4 is 5.73 Å². The van der Waals surface area contributed by atoms with E-state index in [0.29, 0.717) is 0 Å². The number of hydrogen-bond acceptors (Lipinski definition) is 2.